The molecule has 0 saturated carbocycles. The van der Waals surface area contributed by atoms with Gasteiger partial charge in [0.05, 0.1) is 15.1 Å². The molecule has 0 aliphatic rings. The zero-order valence-corrected chi connectivity index (χ0v) is 16.7. The van der Waals surface area contributed by atoms with Gasteiger partial charge in [-0.1, -0.05) is 81.2 Å². The standard InChI is InChI=1S/C14H6Cl7NO2/c15-5-1-6(16)3-7(2-5)22-8(23)4-24-14-12(20)10(18)9(17)11(19)13(14)21/h1-3H,4H2,(H,22,23). The first-order valence-corrected chi connectivity index (χ1v) is 8.75. The van der Waals surface area contributed by atoms with Gasteiger partial charge >= 0.3 is 0 Å². The van der Waals surface area contributed by atoms with Gasteiger partial charge in [-0.05, 0) is 18.2 Å². The van der Waals surface area contributed by atoms with Crippen molar-refractivity contribution in [2.45, 2.75) is 0 Å². The number of anilines is 1. The molecule has 2 rings (SSSR count). The predicted molar refractivity (Wildman–Crippen MR) is 102 cm³/mol. The number of benzene rings is 2. The lowest BCUT2D eigenvalue weighted by atomic mass is 10.3. The van der Waals surface area contributed by atoms with E-state index in [1.807, 2.05) is 0 Å². The van der Waals surface area contributed by atoms with Crippen LogP contribution in [0.5, 0.6) is 5.75 Å². The van der Waals surface area contributed by atoms with Gasteiger partial charge in [0.1, 0.15) is 10.0 Å². The second kappa shape index (κ2) is 8.41. The number of nitrogens with one attached hydrogen (secondary N) is 1. The summed E-state index contributed by atoms with van der Waals surface area (Å²) in [7, 11) is 0. The van der Waals surface area contributed by atoms with Crippen LogP contribution < -0.4 is 10.1 Å². The second-order valence-corrected chi connectivity index (χ2v) is 7.16. The molecule has 0 heterocycles. The van der Waals surface area contributed by atoms with E-state index in [0.29, 0.717) is 15.7 Å². The fourth-order valence-electron chi connectivity index (χ4n) is 1.67. The summed E-state index contributed by atoms with van der Waals surface area (Å²) in [5, 5.41) is 3.17. The number of halogens is 7. The zero-order valence-electron chi connectivity index (χ0n) is 11.4. The smallest absolute Gasteiger partial charge is 0.262 e. The largest absolute Gasteiger partial charge is 0.481 e. The lowest BCUT2D eigenvalue weighted by Crippen LogP contribution is -2.20. The number of hydrogen-bond acceptors (Lipinski definition) is 2. The monoisotopic (exact) mass is 465 g/mol. The van der Waals surface area contributed by atoms with E-state index < -0.39 is 12.5 Å². The third-order valence-electron chi connectivity index (χ3n) is 2.66. The van der Waals surface area contributed by atoms with Gasteiger partial charge in [-0.25, -0.2) is 0 Å². The molecule has 0 unspecified atom stereocenters. The Morgan fingerprint density at radius 2 is 1.25 bits per heavy atom. The van der Waals surface area contributed by atoms with Crippen molar-refractivity contribution in [1.82, 2.24) is 0 Å². The van der Waals surface area contributed by atoms with E-state index in [2.05, 4.69) is 5.32 Å². The first kappa shape index (κ1) is 20.1. The van der Waals surface area contributed by atoms with E-state index in [0.717, 1.165) is 0 Å². The van der Waals surface area contributed by atoms with Crippen LogP contribution in [0.25, 0.3) is 0 Å². The number of ether oxygens (including phenoxy) is 1. The minimum Gasteiger partial charge on any atom is -0.481 e. The highest BCUT2D eigenvalue weighted by Gasteiger charge is 2.21. The van der Waals surface area contributed by atoms with Gasteiger partial charge in [0, 0.05) is 15.7 Å². The first-order valence-electron chi connectivity index (χ1n) is 6.11. The van der Waals surface area contributed by atoms with Gasteiger partial charge in [0.25, 0.3) is 5.91 Å². The molecule has 0 atom stereocenters. The Bertz CT molecular complexity index is 761. The number of hydrogen-bond donors (Lipinski definition) is 1. The fourth-order valence-corrected chi connectivity index (χ4v) is 3.43. The molecule has 2 aromatic carbocycles. The molecular formula is C14H6Cl7NO2. The van der Waals surface area contributed by atoms with Crippen molar-refractivity contribution >= 4 is 92.8 Å². The molecule has 0 aliphatic carbocycles. The van der Waals surface area contributed by atoms with Crippen molar-refractivity contribution in [2.24, 2.45) is 0 Å². The highest BCUT2D eigenvalue weighted by Crippen LogP contribution is 2.48. The highest BCUT2D eigenvalue weighted by atomic mass is 35.5. The van der Waals surface area contributed by atoms with Crippen molar-refractivity contribution in [2.75, 3.05) is 11.9 Å². The van der Waals surface area contributed by atoms with E-state index in [1.165, 1.54) is 18.2 Å². The molecule has 128 valence electrons. The molecule has 2 aromatic rings. The second-order valence-electron chi connectivity index (χ2n) is 4.39. The molecule has 24 heavy (non-hydrogen) atoms. The topological polar surface area (TPSA) is 38.3 Å². The van der Waals surface area contributed by atoms with Crippen molar-refractivity contribution < 1.29 is 9.53 Å². The summed E-state index contributed by atoms with van der Waals surface area (Å²) in [5.74, 6) is -0.542. The predicted octanol–water partition coefficient (Wildman–Crippen LogP) is 7.28. The summed E-state index contributed by atoms with van der Waals surface area (Å²) in [5.41, 5.74) is 0.408. The molecule has 0 saturated heterocycles. The normalized spacial score (nSPS) is 10.6. The Balaban J connectivity index is 2.12. The fraction of sp³-hybridized carbons (Fsp3) is 0.0714. The maximum absolute atomic E-state index is 12.0. The first-order chi connectivity index (χ1) is 11.2. The summed E-state index contributed by atoms with van der Waals surface area (Å²) in [6, 6.07) is 4.59. The molecule has 0 bridgehead atoms. The maximum Gasteiger partial charge on any atom is 0.262 e. The van der Waals surface area contributed by atoms with Gasteiger partial charge in [0.2, 0.25) is 0 Å². The van der Waals surface area contributed by atoms with Crippen LogP contribution in [0.2, 0.25) is 35.2 Å². The Hall–Kier alpha value is -0.260. The lowest BCUT2D eigenvalue weighted by Gasteiger charge is -2.13. The van der Waals surface area contributed by atoms with Gasteiger partial charge in [0.15, 0.2) is 12.4 Å². The summed E-state index contributed by atoms with van der Waals surface area (Å²) in [6.07, 6.45) is 0. The van der Waals surface area contributed by atoms with Crippen LogP contribution in [0.1, 0.15) is 0 Å². The van der Waals surface area contributed by atoms with Gasteiger partial charge < -0.3 is 10.1 Å². The minimum atomic E-state index is -0.498. The molecule has 1 N–H and O–H groups in total. The Morgan fingerprint density at radius 3 is 1.75 bits per heavy atom. The third-order valence-corrected chi connectivity index (χ3v) is 5.34. The van der Waals surface area contributed by atoms with Gasteiger partial charge in [-0.2, -0.15) is 0 Å². The molecule has 0 spiro atoms. The summed E-state index contributed by atoms with van der Waals surface area (Å²) < 4.78 is 5.31. The van der Waals surface area contributed by atoms with Crippen LogP contribution in [0.3, 0.4) is 0 Å². The van der Waals surface area contributed by atoms with E-state index in [-0.39, 0.29) is 30.9 Å². The average Bonchev–Trinajstić information content (AvgIpc) is 2.50. The van der Waals surface area contributed by atoms with Crippen LogP contribution in [-0.4, -0.2) is 12.5 Å². The molecular weight excluding hydrogens is 462 g/mol. The lowest BCUT2D eigenvalue weighted by molar-refractivity contribution is -0.118. The third kappa shape index (κ3) is 4.67. The molecule has 0 fully saturated rings. The van der Waals surface area contributed by atoms with Crippen LogP contribution in [0.15, 0.2) is 18.2 Å². The van der Waals surface area contributed by atoms with Gasteiger partial charge in [-0.15, -0.1) is 0 Å². The van der Waals surface area contributed by atoms with Crippen molar-refractivity contribution in [3.05, 3.63) is 53.4 Å². The number of rotatable bonds is 4. The summed E-state index contributed by atoms with van der Waals surface area (Å²) in [6.45, 7) is -0.405. The van der Waals surface area contributed by atoms with Crippen molar-refractivity contribution in [3.63, 3.8) is 0 Å². The zero-order chi connectivity index (χ0) is 18.0. The van der Waals surface area contributed by atoms with Crippen LogP contribution in [-0.2, 0) is 4.79 Å². The van der Waals surface area contributed by atoms with Crippen LogP contribution >= 0.6 is 81.2 Å². The van der Waals surface area contributed by atoms with E-state index in [9.17, 15) is 4.79 Å². The molecule has 0 aromatic heterocycles. The van der Waals surface area contributed by atoms with E-state index >= 15 is 0 Å². The van der Waals surface area contributed by atoms with Crippen LogP contribution in [0.4, 0.5) is 5.69 Å². The molecule has 1 amide bonds. The van der Waals surface area contributed by atoms with E-state index in [1.54, 1.807) is 0 Å². The van der Waals surface area contributed by atoms with Crippen molar-refractivity contribution in [1.29, 1.82) is 0 Å². The Morgan fingerprint density at radius 1 is 0.792 bits per heavy atom. The molecule has 10 heteroatoms. The molecule has 0 radical (unpaired) electrons. The van der Waals surface area contributed by atoms with Crippen LogP contribution in [0, 0.1) is 0 Å². The van der Waals surface area contributed by atoms with Crippen molar-refractivity contribution in [3.8, 4) is 5.75 Å². The molecule has 0 aliphatic heterocycles. The van der Waals surface area contributed by atoms with E-state index in [4.69, 9.17) is 85.9 Å². The SMILES string of the molecule is O=C(COc1c(Cl)c(Cl)c(Cl)c(Cl)c1Cl)Nc1cc(Cl)cc(Cl)c1. The molecule has 3 nitrogen and oxygen atoms in total. The Labute approximate surface area is 172 Å². The summed E-state index contributed by atoms with van der Waals surface area (Å²) >= 11 is 41.4. The maximum atomic E-state index is 12.0. The minimum absolute atomic E-state index is 0.00120. The highest BCUT2D eigenvalue weighted by molar-refractivity contribution is 6.55. The summed E-state index contributed by atoms with van der Waals surface area (Å²) in [4.78, 5) is 12.0. The number of amides is 1. The van der Waals surface area contributed by atoms with Gasteiger partial charge in [-0.3, -0.25) is 4.79 Å². The number of carbonyl (C=O) groups is 1. The average molecular weight is 468 g/mol. The Kier molecular flexibility index (Phi) is 7.03. The number of carbonyl (C=O) groups excluding carboxylic acids is 1. The quantitative estimate of drug-likeness (QED) is 0.378.